The van der Waals surface area contributed by atoms with Gasteiger partial charge in [-0.1, -0.05) is 0 Å². The molecule has 1 aromatic heterocycles. The lowest BCUT2D eigenvalue weighted by atomic mass is 10.1. The van der Waals surface area contributed by atoms with Crippen LogP contribution in [0.25, 0.3) is 10.9 Å². The maximum atomic E-state index is 13.5. The highest BCUT2D eigenvalue weighted by atomic mass is 32.3. The molecule has 1 N–H and O–H groups in total. The molecule has 0 bridgehead atoms. The van der Waals surface area contributed by atoms with Crippen LogP contribution < -0.4 is 5.43 Å². The largest absolute Gasteiger partial charge is 0.396 e. The zero-order chi connectivity index (χ0) is 17.0. The van der Waals surface area contributed by atoms with E-state index in [-0.39, 0.29) is 30.9 Å². The van der Waals surface area contributed by atoms with Crippen LogP contribution in [0.2, 0.25) is 0 Å². The molecule has 0 aliphatic carbocycles. The first kappa shape index (κ1) is 17.9. The molecule has 1 aromatic carbocycles. The van der Waals surface area contributed by atoms with Crippen molar-refractivity contribution in [3.05, 3.63) is 39.9 Å². The van der Waals surface area contributed by atoms with E-state index in [0.29, 0.717) is 17.5 Å². The van der Waals surface area contributed by atoms with E-state index < -0.39 is 15.8 Å². The standard InChI is InChI=1S/C16H23FN2O3S/c1-23(2,3)9-8-22-11-19-15-10-12(17)4-5-13(15)16(21)14(18-19)6-7-20/h4-5,10,20H,6-9,11H2,1-3H3. The molecule has 0 spiro atoms. The van der Waals surface area contributed by atoms with Crippen molar-refractivity contribution in [1.29, 1.82) is 0 Å². The van der Waals surface area contributed by atoms with Gasteiger partial charge in [-0.15, -0.1) is 0 Å². The maximum absolute atomic E-state index is 13.5. The highest BCUT2D eigenvalue weighted by Crippen LogP contribution is 2.33. The Morgan fingerprint density at radius 3 is 2.74 bits per heavy atom. The fourth-order valence-electron chi connectivity index (χ4n) is 2.14. The number of benzene rings is 1. The van der Waals surface area contributed by atoms with E-state index in [9.17, 15) is 9.18 Å². The lowest BCUT2D eigenvalue weighted by Gasteiger charge is -2.24. The Morgan fingerprint density at radius 2 is 2.09 bits per heavy atom. The molecule has 2 rings (SSSR count). The highest BCUT2D eigenvalue weighted by Gasteiger charge is 2.12. The summed E-state index contributed by atoms with van der Waals surface area (Å²) in [5.74, 6) is 0.532. The third-order valence-electron chi connectivity index (χ3n) is 3.39. The van der Waals surface area contributed by atoms with Crippen molar-refractivity contribution in [1.82, 2.24) is 9.78 Å². The van der Waals surface area contributed by atoms with Gasteiger partial charge in [0, 0.05) is 24.2 Å². The summed E-state index contributed by atoms with van der Waals surface area (Å²) in [6.45, 7) is 0.566. The van der Waals surface area contributed by atoms with E-state index in [1.165, 1.54) is 22.9 Å². The number of hydrogen-bond acceptors (Lipinski definition) is 4. The molecule has 0 unspecified atom stereocenters. The van der Waals surface area contributed by atoms with Crippen molar-refractivity contribution in [2.24, 2.45) is 0 Å². The van der Waals surface area contributed by atoms with Crippen LogP contribution in [0.5, 0.6) is 0 Å². The lowest BCUT2D eigenvalue weighted by Crippen LogP contribution is -2.22. The van der Waals surface area contributed by atoms with Crippen molar-refractivity contribution >= 4 is 20.9 Å². The predicted molar refractivity (Wildman–Crippen MR) is 92.9 cm³/mol. The molecule has 0 atom stereocenters. The molecule has 1 heterocycles. The Balaban J connectivity index is 2.31. The Bertz CT molecular complexity index is 740. The second kappa shape index (κ2) is 7.42. The number of rotatable bonds is 7. The Morgan fingerprint density at radius 1 is 1.35 bits per heavy atom. The van der Waals surface area contributed by atoms with Gasteiger partial charge in [0.1, 0.15) is 18.2 Å². The monoisotopic (exact) mass is 342 g/mol. The first-order valence-electron chi connectivity index (χ1n) is 7.36. The van der Waals surface area contributed by atoms with E-state index >= 15 is 0 Å². The molecule has 2 aromatic rings. The third-order valence-corrected chi connectivity index (χ3v) is 4.78. The molecular weight excluding hydrogens is 319 g/mol. The van der Waals surface area contributed by atoms with Gasteiger partial charge in [-0.3, -0.25) is 4.79 Å². The average Bonchev–Trinajstić information content (AvgIpc) is 2.47. The van der Waals surface area contributed by atoms with Gasteiger partial charge in [0.05, 0.1) is 12.1 Å². The van der Waals surface area contributed by atoms with Gasteiger partial charge in [-0.25, -0.2) is 19.1 Å². The first-order valence-corrected chi connectivity index (χ1v) is 10.4. The molecule has 0 fully saturated rings. The number of nitrogens with zero attached hydrogens (tertiary/aromatic N) is 2. The second-order valence-corrected chi connectivity index (χ2v) is 10.8. The highest BCUT2D eigenvalue weighted by molar-refractivity contribution is 8.32. The molecule has 0 saturated carbocycles. The number of aromatic nitrogens is 2. The first-order chi connectivity index (χ1) is 10.8. The number of halogens is 1. The van der Waals surface area contributed by atoms with E-state index in [0.717, 1.165) is 5.75 Å². The van der Waals surface area contributed by atoms with Crippen molar-refractivity contribution in [3.63, 3.8) is 0 Å². The maximum Gasteiger partial charge on any atom is 0.211 e. The summed E-state index contributed by atoms with van der Waals surface area (Å²) in [6.07, 6.45) is 6.78. The van der Waals surface area contributed by atoms with Gasteiger partial charge in [-0.2, -0.15) is 5.10 Å². The summed E-state index contributed by atoms with van der Waals surface area (Å²) in [5.41, 5.74) is 0.390. The van der Waals surface area contributed by atoms with Gasteiger partial charge in [-0.05, 0) is 37.0 Å². The molecule has 128 valence electrons. The molecule has 0 aliphatic heterocycles. The van der Waals surface area contributed by atoms with Gasteiger partial charge >= 0.3 is 0 Å². The number of fused-ring (bicyclic) bond motifs is 1. The van der Waals surface area contributed by atoms with Crippen LogP contribution in [0.15, 0.2) is 23.0 Å². The Kier molecular flexibility index (Phi) is 5.78. The number of aliphatic hydroxyl groups is 1. The SMILES string of the molecule is CS(C)(C)CCOCn1nc(CCO)c(=O)c2ccc(F)cc21. The average molecular weight is 342 g/mol. The van der Waals surface area contributed by atoms with E-state index in [2.05, 4.69) is 23.9 Å². The van der Waals surface area contributed by atoms with Crippen LogP contribution in [0.3, 0.4) is 0 Å². The Hall–Kier alpha value is -1.44. The number of hydrogen-bond donors (Lipinski definition) is 1. The summed E-state index contributed by atoms with van der Waals surface area (Å²) in [4.78, 5) is 12.3. The van der Waals surface area contributed by atoms with E-state index in [1.807, 2.05) is 0 Å². The summed E-state index contributed by atoms with van der Waals surface area (Å²) >= 11 is 0. The van der Waals surface area contributed by atoms with Crippen molar-refractivity contribution in [2.45, 2.75) is 13.2 Å². The van der Waals surface area contributed by atoms with Crippen LogP contribution in [0, 0.1) is 5.82 Å². The number of ether oxygens (including phenoxy) is 1. The van der Waals surface area contributed by atoms with Crippen LogP contribution in [-0.4, -0.2) is 52.6 Å². The summed E-state index contributed by atoms with van der Waals surface area (Å²) in [6, 6.07) is 3.98. The molecule has 7 heteroatoms. The minimum absolute atomic E-state index is 0.147. The minimum atomic E-state index is -0.649. The van der Waals surface area contributed by atoms with Gasteiger partial charge in [0.25, 0.3) is 0 Å². The summed E-state index contributed by atoms with van der Waals surface area (Å²) in [5, 5.41) is 13.7. The van der Waals surface area contributed by atoms with E-state index in [1.54, 1.807) is 0 Å². The quantitative estimate of drug-likeness (QED) is 0.779. The fourth-order valence-corrected chi connectivity index (χ4v) is 2.76. The topological polar surface area (TPSA) is 64.3 Å². The normalized spacial score (nSPS) is 12.7. The second-order valence-electron chi connectivity index (χ2n) is 6.24. The van der Waals surface area contributed by atoms with Crippen LogP contribution in [-0.2, 0) is 17.9 Å². The van der Waals surface area contributed by atoms with Crippen LogP contribution >= 0.6 is 10.0 Å². The van der Waals surface area contributed by atoms with E-state index in [4.69, 9.17) is 9.84 Å². The minimum Gasteiger partial charge on any atom is -0.396 e. The number of aliphatic hydroxyl groups excluding tert-OH is 1. The smallest absolute Gasteiger partial charge is 0.211 e. The molecule has 0 saturated heterocycles. The summed E-state index contributed by atoms with van der Waals surface area (Å²) in [7, 11) is -0.649. The van der Waals surface area contributed by atoms with Crippen molar-refractivity contribution in [3.8, 4) is 0 Å². The molecule has 0 amide bonds. The zero-order valence-electron chi connectivity index (χ0n) is 13.7. The third kappa shape index (κ3) is 4.76. The van der Waals surface area contributed by atoms with Gasteiger partial charge in [0.2, 0.25) is 5.43 Å². The fraction of sp³-hybridized carbons (Fsp3) is 0.500. The van der Waals surface area contributed by atoms with Crippen LogP contribution in [0.1, 0.15) is 5.69 Å². The summed E-state index contributed by atoms with van der Waals surface area (Å²) < 4.78 is 20.7. The molecule has 23 heavy (non-hydrogen) atoms. The van der Waals surface area contributed by atoms with Gasteiger partial charge < -0.3 is 9.84 Å². The lowest BCUT2D eigenvalue weighted by molar-refractivity contribution is 0.0826. The van der Waals surface area contributed by atoms with Crippen LogP contribution in [0.4, 0.5) is 4.39 Å². The molecule has 0 aliphatic rings. The van der Waals surface area contributed by atoms with Gasteiger partial charge in [0.15, 0.2) is 0 Å². The molecule has 0 radical (unpaired) electrons. The molecule has 5 nitrogen and oxygen atoms in total. The zero-order valence-corrected chi connectivity index (χ0v) is 14.5. The predicted octanol–water partition coefficient (Wildman–Crippen LogP) is 1.74. The van der Waals surface area contributed by atoms with Crippen molar-refractivity contribution in [2.75, 3.05) is 37.7 Å². The van der Waals surface area contributed by atoms with Crippen molar-refractivity contribution < 1.29 is 14.2 Å². The molecular formula is C16H23FN2O3S. The Labute approximate surface area is 136 Å².